The lowest BCUT2D eigenvalue weighted by molar-refractivity contribution is 0.284. The van der Waals surface area contributed by atoms with Crippen LogP contribution in [0.4, 0.5) is 0 Å². The fourth-order valence-electron chi connectivity index (χ4n) is 9.66. The summed E-state index contributed by atoms with van der Waals surface area (Å²) in [6.45, 7) is 6.61. The van der Waals surface area contributed by atoms with Crippen LogP contribution in [-0.2, 0) is 5.41 Å². The molecule has 0 radical (unpaired) electrons. The summed E-state index contributed by atoms with van der Waals surface area (Å²) in [6, 6.07) is 50.8. The topological polar surface area (TPSA) is 38.7 Å². The molecule has 1 aromatic heterocycles. The molecule has 54 heavy (non-hydrogen) atoms. The second kappa shape index (κ2) is 12.9. The standard InChI is InChI=1S/C51H43N3/c1-32-17-21-36(22-18-32)48-52-49(37-23-19-33(2)20-24-37)54-50(53-48)41-12-7-10-39(31-41)38-9-6-11-40(30-38)43-14-8-16-46-47(43)44-13-4-5-15-45(44)51(46)26-25-35-27-34(3)28-42(51)29-35/h4-24,28,30-31,34-35H,25-27,29H2,1-3H3. The first-order valence-electron chi connectivity index (χ1n) is 19.5. The molecule has 3 aliphatic rings. The van der Waals surface area contributed by atoms with Crippen molar-refractivity contribution in [3.05, 3.63) is 173 Å². The van der Waals surface area contributed by atoms with Crippen LogP contribution in [0.5, 0.6) is 0 Å². The Hall–Kier alpha value is -5.93. The molecule has 2 bridgehead atoms. The highest BCUT2D eigenvalue weighted by Gasteiger charge is 2.50. The van der Waals surface area contributed by atoms with Gasteiger partial charge in [0.2, 0.25) is 0 Å². The Labute approximate surface area is 318 Å². The van der Waals surface area contributed by atoms with Gasteiger partial charge in [-0.1, -0.05) is 157 Å². The van der Waals surface area contributed by atoms with Gasteiger partial charge < -0.3 is 0 Å². The molecule has 3 aliphatic carbocycles. The third-order valence-electron chi connectivity index (χ3n) is 12.2. The van der Waals surface area contributed by atoms with Crippen molar-refractivity contribution in [2.45, 2.75) is 51.9 Å². The van der Waals surface area contributed by atoms with E-state index in [0.29, 0.717) is 23.4 Å². The van der Waals surface area contributed by atoms with Crippen molar-refractivity contribution >= 4 is 0 Å². The molecule has 262 valence electrons. The summed E-state index contributed by atoms with van der Waals surface area (Å²) in [7, 11) is 0. The van der Waals surface area contributed by atoms with E-state index in [1.54, 1.807) is 5.57 Å². The minimum Gasteiger partial charge on any atom is -0.208 e. The number of hydrogen-bond donors (Lipinski definition) is 0. The summed E-state index contributed by atoms with van der Waals surface area (Å²) in [5.74, 6) is 3.47. The zero-order valence-corrected chi connectivity index (χ0v) is 31.2. The molecule has 1 heterocycles. The normalized spacial score (nSPS) is 19.6. The van der Waals surface area contributed by atoms with E-state index < -0.39 is 0 Å². The summed E-state index contributed by atoms with van der Waals surface area (Å²) in [4.78, 5) is 15.1. The van der Waals surface area contributed by atoms with E-state index in [-0.39, 0.29) is 5.41 Å². The minimum absolute atomic E-state index is 0.0154. The fraction of sp³-hybridized carbons (Fsp3) is 0.196. The highest BCUT2D eigenvalue weighted by atomic mass is 15.0. The van der Waals surface area contributed by atoms with Crippen molar-refractivity contribution in [3.63, 3.8) is 0 Å². The van der Waals surface area contributed by atoms with Gasteiger partial charge in [0.05, 0.1) is 0 Å². The van der Waals surface area contributed by atoms with Gasteiger partial charge in [-0.25, -0.2) is 15.0 Å². The Bertz CT molecular complexity index is 2530. The average molecular weight is 698 g/mol. The molecule has 0 saturated heterocycles. The molecule has 0 aliphatic heterocycles. The lowest BCUT2D eigenvalue weighted by Crippen LogP contribution is -2.36. The maximum Gasteiger partial charge on any atom is 0.164 e. The predicted octanol–water partition coefficient (Wildman–Crippen LogP) is 12.9. The summed E-state index contributed by atoms with van der Waals surface area (Å²) < 4.78 is 0. The largest absolute Gasteiger partial charge is 0.208 e. The smallest absolute Gasteiger partial charge is 0.164 e. The number of fused-ring (bicyclic) bond motifs is 8. The molecule has 0 amide bonds. The first-order chi connectivity index (χ1) is 26.4. The van der Waals surface area contributed by atoms with Crippen LogP contribution in [-0.4, -0.2) is 15.0 Å². The predicted molar refractivity (Wildman–Crippen MR) is 222 cm³/mol. The van der Waals surface area contributed by atoms with Gasteiger partial charge in [-0.2, -0.15) is 0 Å². The maximum atomic E-state index is 5.05. The molecule has 3 heteroatoms. The van der Waals surface area contributed by atoms with E-state index in [9.17, 15) is 0 Å². The van der Waals surface area contributed by atoms with Crippen LogP contribution in [0.15, 0.2) is 151 Å². The highest BCUT2D eigenvalue weighted by molar-refractivity contribution is 5.94. The first-order valence-corrected chi connectivity index (χ1v) is 19.5. The Morgan fingerprint density at radius 1 is 0.519 bits per heavy atom. The third kappa shape index (κ3) is 5.45. The molecule has 3 nitrogen and oxygen atoms in total. The number of rotatable bonds is 5. The molecule has 1 spiro atoms. The Morgan fingerprint density at radius 3 is 1.74 bits per heavy atom. The van der Waals surface area contributed by atoms with Gasteiger partial charge in [-0.3, -0.25) is 0 Å². The molecule has 7 aromatic rings. The lowest BCUT2D eigenvalue weighted by atomic mass is 9.58. The SMILES string of the molecule is Cc1ccc(-c2nc(-c3ccc(C)cc3)nc(-c3cccc(-c4cccc(-c5cccc6c5-c5ccccc5C65CCC6CC5=CC(C)C6)c4)c3)n2)cc1. The zero-order chi connectivity index (χ0) is 36.4. The summed E-state index contributed by atoms with van der Waals surface area (Å²) in [6.07, 6.45) is 7.68. The molecular formula is C51H43N3. The van der Waals surface area contributed by atoms with Crippen molar-refractivity contribution < 1.29 is 0 Å². The number of nitrogens with zero attached hydrogens (tertiary/aromatic N) is 3. The van der Waals surface area contributed by atoms with Crippen LogP contribution in [0.1, 0.15) is 54.9 Å². The minimum atomic E-state index is -0.0154. The molecule has 3 unspecified atom stereocenters. The van der Waals surface area contributed by atoms with E-state index in [4.69, 9.17) is 15.0 Å². The Balaban J connectivity index is 1.07. The van der Waals surface area contributed by atoms with Crippen molar-refractivity contribution in [2.75, 3.05) is 0 Å². The first kappa shape index (κ1) is 32.7. The van der Waals surface area contributed by atoms with E-state index >= 15 is 0 Å². The van der Waals surface area contributed by atoms with Crippen molar-refractivity contribution in [1.82, 2.24) is 15.0 Å². The summed E-state index contributed by atoms with van der Waals surface area (Å²) >= 11 is 0. The molecule has 1 saturated carbocycles. The summed E-state index contributed by atoms with van der Waals surface area (Å²) in [5, 5.41) is 0. The number of aryl methyl sites for hydroxylation is 2. The molecular weight excluding hydrogens is 655 g/mol. The second-order valence-corrected chi connectivity index (χ2v) is 15.9. The van der Waals surface area contributed by atoms with Crippen molar-refractivity contribution in [1.29, 1.82) is 0 Å². The van der Waals surface area contributed by atoms with Gasteiger partial charge in [0.1, 0.15) is 0 Å². The van der Waals surface area contributed by atoms with Crippen LogP contribution in [0.2, 0.25) is 0 Å². The van der Waals surface area contributed by atoms with E-state index in [0.717, 1.165) is 28.2 Å². The van der Waals surface area contributed by atoms with Crippen molar-refractivity contribution in [2.24, 2.45) is 11.8 Å². The molecule has 3 atom stereocenters. The van der Waals surface area contributed by atoms with E-state index in [2.05, 4.69) is 166 Å². The molecule has 0 N–H and O–H groups in total. The Kier molecular flexibility index (Phi) is 7.80. The van der Waals surface area contributed by atoms with Gasteiger partial charge in [-0.15, -0.1) is 0 Å². The molecule has 6 aromatic carbocycles. The lowest BCUT2D eigenvalue weighted by Gasteiger charge is -2.45. The van der Waals surface area contributed by atoms with Crippen LogP contribution >= 0.6 is 0 Å². The molecule has 10 rings (SSSR count). The van der Waals surface area contributed by atoms with Gasteiger partial charge in [0.25, 0.3) is 0 Å². The van der Waals surface area contributed by atoms with Crippen LogP contribution in [0.25, 0.3) is 67.5 Å². The second-order valence-electron chi connectivity index (χ2n) is 15.9. The van der Waals surface area contributed by atoms with Gasteiger partial charge >= 0.3 is 0 Å². The van der Waals surface area contributed by atoms with E-state index in [1.165, 1.54) is 75.8 Å². The maximum absolute atomic E-state index is 5.05. The van der Waals surface area contributed by atoms with Gasteiger partial charge in [0.15, 0.2) is 17.5 Å². The Morgan fingerprint density at radius 2 is 1.06 bits per heavy atom. The highest BCUT2D eigenvalue weighted by Crippen LogP contribution is 2.62. The zero-order valence-electron chi connectivity index (χ0n) is 31.2. The average Bonchev–Trinajstić information content (AvgIpc) is 3.50. The van der Waals surface area contributed by atoms with Crippen molar-refractivity contribution in [3.8, 4) is 67.5 Å². The number of benzene rings is 6. The fourth-order valence-corrected chi connectivity index (χ4v) is 9.66. The van der Waals surface area contributed by atoms with Crippen LogP contribution < -0.4 is 0 Å². The number of hydrogen-bond acceptors (Lipinski definition) is 3. The third-order valence-corrected chi connectivity index (χ3v) is 12.2. The van der Waals surface area contributed by atoms with Gasteiger partial charge in [0, 0.05) is 22.1 Å². The number of allylic oxidation sites excluding steroid dienone is 2. The van der Waals surface area contributed by atoms with Crippen LogP contribution in [0.3, 0.4) is 0 Å². The molecule has 1 fully saturated rings. The monoisotopic (exact) mass is 697 g/mol. The van der Waals surface area contributed by atoms with Crippen LogP contribution in [0, 0.1) is 25.7 Å². The number of aromatic nitrogens is 3. The quantitative estimate of drug-likeness (QED) is 0.168. The summed E-state index contributed by atoms with van der Waals surface area (Å²) in [5.41, 5.74) is 17.6. The van der Waals surface area contributed by atoms with E-state index in [1.807, 2.05) is 0 Å². The van der Waals surface area contributed by atoms with Gasteiger partial charge in [-0.05, 0) is 108 Å².